The molecule has 16 heteroatoms. The zero-order chi connectivity index (χ0) is 20.0. The maximum Gasteiger partial charge on any atom is 0.481 e. The average Bonchev–Trinajstić information content (AvgIpc) is 3.07. The Balaban J connectivity index is 1.72. The third-order valence-corrected chi connectivity index (χ3v) is 5.83. The van der Waals surface area contributed by atoms with E-state index >= 15 is 0 Å². The molecule has 0 aromatic carbocycles. The predicted octanol–water partition coefficient (Wildman–Crippen LogP) is 0.350. The van der Waals surface area contributed by atoms with Crippen LogP contribution in [-0.4, -0.2) is 41.9 Å². The maximum atomic E-state index is 14.0. The minimum Gasteiger partial charge on any atom is -0.369 e. The predicted molar refractivity (Wildman–Crippen MR) is 86.8 cm³/mol. The summed E-state index contributed by atoms with van der Waals surface area (Å²) < 4.78 is 51.1. The van der Waals surface area contributed by atoms with Crippen LogP contribution in [0.4, 0.5) is 10.3 Å². The molecule has 3 atom stereocenters. The first kappa shape index (κ1) is 20.1. The fourth-order valence-corrected chi connectivity index (χ4v) is 4.32. The molecule has 1 aliphatic heterocycles. The minimum absolute atomic E-state index is 0.0296. The van der Waals surface area contributed by atoms with Gasteiger partial charge >= 0.3 is 15.6 Å². The van der Waals surface area contributed by atoms with Gasteiger partial charge in [0.05, 0.1) is 12.7 Å². The summed E-state index contributed by atoms with van der Waals surface area (Å²) in [6, 6.07) is 0. The first-order valence-corrected chi connectivity index (χ1v) is 10.4. The maximum absolute atomic E-state index is 14.0. The van der Waals surface area contributed by atoms with Crippen LogP contribution in [0.1, 0.15) is 19.1 Å². The summed E-state index contributed by atoms with van der Waals surface area (Å²) in [6.07, 6.45) is 0.130. The van der Waals surface area contributed by atoms with Gasteiger partial charge in [-0.25, -0.2) is 13.5 Å². The monoisotopic (exact) mass is 428 g/mol. The Morgan fingerprint density at radius 2 is 2.11 bits per heavy atom. The number of aromatic nitrogens is 3. The highest BCUT2D eigenvalue weighted by Crippen LogP contribution is 2.57. The summed E-state index contributed by atoms with van der Waals surface area (Å²) in [7, 11) is -10.2. The molecule has 2 aromatic heterocycles. The third kappa shape index (κ3) is 4.62. The molecule has 1 saturated heterocycles. The number of nitrogens with zero attached hydrogens (tertiary/aromatic N) is 2. The zero-order valence-electron chi connectivity index (χ0n) is 13.4. The van der Waals surface area contributed by atoms with Gasteiger partial charge in [0.1, 0.15) is 11.6 Å². The van der Waals surface area contributed by atoms with Crippen LogP contribution in [-0.2, 0) is 22.7 Å². The van der Waals surface area contributed by atoms with Crippen molar-refractivity contribution < 1.29 is 41.8 Å². The van der Waals surface area contributed by atoms with Crippen LogP contribution in [0.5, 0.6) is 0 Å². The second-order valence-corrected chi connectivity index (χ2v) is 8.49. The van der Waals surface area contributed by atoms with Gasteiger partial charge in [-0.3, -0.25) is 14.3 Å². The lowest BCUT2D eigenvalue weighted by Crippen LogP contribution is -2.17. The van der Waals surface area contributed by atoms with Crippen LogP contribution in [0.2, 0.25) is 0 Å². The molecule has 0 spiro atoms. The van der Waals surface area contributed by atoms with Crippen molar-refractivity contribution in [2.75, 3.05) is 12.3 Å². The second-order valence-electron chi connectivity index (χ2n) is 5.66. The van der Waals surface area contributed by atoms with E-state index in [0.29, 0.717) is 12.8 Å². The summed E-state index contributed by atoms with van der Waals surface area (Å²) >= 11 is 0. The van der Waals surface area contributed by atoms with Crippen molar-refractivity contribution in [1.29, 1.82) is 0 Å². The summed E-state index contributed by atoms with van der Waals surface area (Å²) in [5.41, 5.74) is 4.70. The van der Waals surface area contributed by atoms with Crippen LogP contribution < -0.4 is 11.3 Å². The Morgan fingerprint density at radius 1 is 1.41 bits per heavy atom. The SMILES string of the molecule is Nc1nc2c(c(F)cn2[C@H]2CC[C@@H](COP(=O)(O)OP(=O)(O)O)O2)c(=O)[nH]1. The fraction of sp³-hybridized carbons (Fsp3) is 0.455. The van der Waals surface area contributed by atoms with Gasteiger partial charge in [-0.05, 0) is 12.8 Å². The number of anilines is 1. The number of halogens is 1. The number of nitrogens with two attached hydrogens (primary N) is 1. The Hall–Kier alpha value is -1.63. The van der Waals surface area contributed by atoms with Crippen LogP contribution in [0.3, 0.4) is 0 Å². The Labute approximate surface area is 149 Å². The van der Waals surface area contributed by atoms with Crippen molar-refractivity contribution in [2.45, 2.75) is 25.2 Å². The number of aromatic amines is 1. The van der Waals surface area contributed by atoms with E-state index in [1.54, 1.807) is 0 Å². The molecular formula is C11H15FN4O9P2. The lowest BCUT2D eigenvalue weighted by atomic mass is 10.2. The molecule has 150 valence electrons. The number of hydrogen-bond acceptors (Lipinski definition) is 8. The smallest absolute Gasteiger partial charge is 0.369 e. The van der Waals surface area contributed by atoms with E-state index < -0.39 is 46.0 Å². The van der Waals surface area contributed by atoms with Crippen LogP contribution in [0.15, 0.2) is 11.0 Å². The summed E-state index contributed by atoms with van der Waals surface area (Å²) in [5.74, 6) is -1.03. The summed E-state index contributed by atoms with van der Waals surface area (Å²) in [5, 5.41) is -0.289. The topological polar surface area (TPSA) is 199 Å². The average molecular weight is 428 g/mol. The number of hydrogen-bond donors (Lipinski definition) is 5. The first-order valence-electron chi connectivity index (χ1n) is 7.41. The molecular weight excluding hydrogens is 413 g/mol. The highest BCUT2D eigenvalue weighted by atomic mass is 31.3. The third-order valence-electron chi connectivity index (χ3n) is 3.68. The van der Waals surface area contributed by atoms with Gasteiger partial charge in [0, 0.05) is 6.20 Å². The van der Waals surface area contributed by atoms with E-state index in [0.717, 1.165) is 6.20 Å². The first-order chi connectivity index (χ1) is 12.5. The van der Waals surface area contributed by atoms with E-state index in [-0.39, 0.29) is 17.0 Å². The molecule has 3 heterocycles. The molecule has 13 nitrogen and oxygen atoms in total. The quantitative estimate of drug-likeness (QED) is 0.398. The Morgan fingerprint density at radius 3 is 2.78 bits per heavy atom. The minimum atomic E-state index is -5.22. The van der Waals surface area contributed by atoms with Crippen molar-refractivity contribution in [2.24, 2.45) is 0 Å². The highest BCUT2D eigenvalue weighted by molar-refractivity contribution is 7.60. The highest BCUT2D eigenvalue weighted by Gasteiger charge is 2.35. The number of fused-ring (bicyclic) bond motifs is 1. The zero-order valence-corrected chi connectivity index (χ0v) is 15.2. The van der Waals surface area contributed by atoms with Crippen LogP contribution >= 0.6 is 15.6 Å². The van der Waals surface area contributed by atoms with Gasteiger partial charge in [-0.15, -0.1) is 0 Å². The van der Waals surface area contributed by atoms with Gasteiger partial charge in [-0.2, -0.15) is 9.29 Å². The van der Waals surface area contributed by atoms with Crippen molar-refractivity contribution >= 4 is 32.6 Å². The van der Waals surface area contributed by atoms with E-state index in [1.165, 1.54) is 4.57 Å². The molecule has 2 aromatic rings. The van der Waals surface area contributed by atoms with Crippen molar-refractivity contribution in [1.82, 2.24) is 14.5 Å². The Kier molecular flexibility index (Phi) is 5.27. The van der Waals surface area contributed by atoms with Crippen molar-refractivity contribution in [3.05, 3.63) is 22.4 Å². The van der Waals surface area contributed by atoms with Gasteiger partial charge in [0.25, 0.3) is 5.56 Å². The van der Waals surface area contributed by atoms with Gasteiger partial charge in [-0.1, -0.05) is 0 Å². The number of H-pyrrole nitrogens is 1. The Bertz CT molecular complexity index is 1020. The van der Waals surface area contributed by atoms with Gasteiger partial charge in [0.15, 0.2) is 11.5 Å². The van der Waals surface area contributed by atoms with Crippen LogP contribution in [0, 0.1) is 5.82 Å². The number of phosphoric acid groups is 2. The van der Waals surface area contributed by atoms with Crippen molar-refractivity contribution in [3.63, 3.8) is 0 Å². The van der Waals surface area contributed by atoms with Crippen LogP contribution in [0.25, 0.3) is 11.0 Å². The molecule has 0 aliphatic carbocycles. The van der Waals surface area contributed by atoms with E-state index in [1.807, 2.05) is 0 Å². The molecule has 0 saturated carbocycles. The van der Waals surface area contributed by atoms with Crippen molar-refractivity contribution in [3.8, 4) is 0 Å². The molecule has 1 fully saturated rings. The standard InChI is InChI=1S/C11H15FN4O9P2/c12-6-3-16(9-8(6)10(17)15-11(13)14-9)7-2-1-5(24-7)4-23-27(21,22)25-26(18,19)20/h3,5,7H,1-2,4H2,(H,21,22)(H2,18,19,20)(H3,13,14,15,17)/t5-,7+/m0/s1. The lowest BCUT2D eigenvalue weighted by Gasteiger charge is -2.17. The fourth-order valence-electron chi connectivity index (χ4n) is 2.70. The normalized spacial score (nSPS) is 23.0. The van der Waals surface area contributed by atoms with Gasteiger partial charge in [0.2, 0.25) is 5.95 Å². The number of phosphoric ester groups is 1. The molecule has 0 radical (unpaired) electrons. The number of ether oxygens (including phenoxy) is 1. The second kappa shape index (κ2) is 7.08. The van der Waals surface area contributed by atoms with E-state index in [9.17, 15) is 23.2 Å². The summed E-state index contributed by atoms with van der Waals surface area (Å²) in [6.45, 7) is -0.512. The number of nitrogen functional groups attached to an aromatic ring is 1. The summed E-state index contributed by atoms with van der Waals surface area (Å²) in [4.78, 5) is 44.2. The number of nitrogens with one attached hydrogen (secondary N) is 1. The molecule has 27 heavy (non-hydrogen) atoms. The number of rotatable bonds is 6. The largest absolute Gasteiger partial charge is 0.481 e. The molecule has 0 bridgehead atoms. The molecule has 1 unspecified atom stereocenters. The van der Waals surface area contributed by atoms with Gasteiger partial charge < -0.3 is 29.7 Å². The molecule has 1 aliphatic rings. The van der Waals surface area contributed by atoms with E-state index in [4.69, 9.17) is 20.3 Å². The van der Waals surface area contributed by atoms with E-state index in [2.05, 4.69) is 18.8 Å². The molecule has 0 amide bonds. The molecule has 6 N–H and O–H groups in total. The lowest BCUT2D eigenvalue weighted by molar-refractivity contribution is -0.0204. The molecule has 3 rings (SSSR count).